The minimum Gasteiger partial charge on any atom is -0.497 e. The van der Waals surface area contributed by atoms with Crippen LogP contribution in [0.1, 0.15) is 25.0 Å². The molecule has 0 aliphatic carbocycles. The van der Waals surface area contributed by atoms with E-state index in [0.29, 0.717) is 22.7 Å². The maximum atomic E-state index is 13.5. The van der Waals surface area contributed by atoms with Gasteiger partial charge in [-0.15, -0.1) is 0 Å². The smallest absolute Gasteiger partial charge is 0.242 e. The van der Waals surface area contributed by atoms with Crippen molar-refractivity contribution < 1.29 is 32.6 Å². The highest BCUT2D eigenvalue weighted by Gasteiger charge is 2.33. The number of carbonyl (C=O) groups is 2. The highest BCUT2D eigenvalue weighted by molar-refractivity contribution is 7.89. The molecule has 1 aliphatic heterocycles. The summed E-state index contributed by atoms with van der Waals surface area (Å²) < 4.78 is 39.7. The third-order valence-corrected chi connectivity index (χ3v) is 9.45. The molecule has 0 aromatic heterocycles. The van der Waals surface area contributed by atoms with Crippen molar-refractivity contribution in [1.29, 1.82) is 0 Å². The number of nitrogens with zero attached hydrogens (tertiary/aromatic N) is 2. The number of fused-ring (bicyclic) bond motifs is 1. The summed E-state index contributed by atoms with van der Waals surface area (Å²) in [4.78, 5) is 27.9. The second kappa shape index (κ2) is 14.0. The molecular formula is C32H39N3O7S. The second-order valence-corrected chi connectivity index (χ2v) is 12.9. The van der Waals surface area contributed by atoms with E-state index in [1.807, 2.05) is 37.3 Å². The Bertz CT molecular complexity index is 1510. The Hall–Kier alpha value is -3.93. The van der Waals surface area contributed by atoms with Gasteiger partial charge in [-0.2, -0.15) is 4.31 Å². The number of nitrogens with one attached hydrogen (secondary N) is 1. The zero-order valence-corrected chi connectivity index (χ0v) is 25.7. The number of anilines is 1. The van der Waals surface area contributed by atoms with Crippen LogP contribution in [0.3, 0.4) is 0 Å². The number of aliphatic hydroxyl groups excluding tert-OH is 1. The predicted octanol–water partition coefficient (Wildman–Crippen LogP) is 3.35. The van der Waals surface area contributed by atoms with E-state index < -0.39 is 22.2 Å². The van der Waals surface area contributed by atoms with E-state index in [0.717, 1.165) is 5.56 Å². The zero-order chi connectivity index (χ0) is 31.1. The molecule has 3 atom stereocenters. The Balaban J connectivity index is 1.61. The first-order valence-corrected chi connectivity index (χ1v) is 15.6. The molecule has 0 saturated carbocycles. The van der Waals surface area contributed by atoms with Gasteiger partial charge in [0.25, 0.3) is 0 Å². The van der Waals surface area contributed by atoms with Crippen LogP contribution < -0.4 is 14.8 Å². The lowest BCUT2D eigenvalue weighted by molar-refractivity contribution is -0.134. The molecule has 4 rings (SSSR count). The number of aliphatic hydroxyl groups is 1. The first-order valence-electron chi connectivity index (χ1n) is 14.2. The summed E-state index contributed by atoms with van der Waals surface area (Å²) in [6, 6.07) is 20.2. The van der Waals surface area contributed by atoms with Crippen LogP contribution in [-0.4, -0.2) is 80.5 Å². The van der Waals surface area contributed by atoms with Crippen LogP contribution >= 0.6 is 0 Å². The lowest BCUT2D eigenvalue weighted by Gasteiger charge is -2.33. The summed E-state index contributed by atoms with van der Waals surface area (Å²) >= 11 is 0. The first kappa shape index (κ1) is 32.0. The van der Waals surface area contributed by atoms with Gasteiger partial charge in [0.1, 0.15) is 17.6 Å². The predicted molar refractivity (Wildman–Crippen MR) is 164 cm³/mol. The highest BCUT2D eigenvalue weighted by atomic mass is 32.2. The van der Waals surface area contributed by atoms with Gasteiger partial charge in [-0.1, -0.05) is 37.3 Å². The van der Waals surface area contributed by atoms with Crippen LogP contribution in [0.4, 0.5) is 5.69 Å². The molecule has 3 aromatic carbocycles. The molecule has 0 bridgehead atoms. The molecule has 1 aliphatic rings. The van der Waals surface area contributed by atoms with Crippen molar-refractivity contribution in [3.63, 3.8) is 0 Å². The molecule has 0 saturated heterocycles. The Morgan fingerprint density at radius 1 is 1.14 bits per heavy atom. The minimum absolute atomic E-state index is 0.0124. The first-order chi connectivity index (χ1) is 20.5. The normalized spacial score (nSPS) is 18.1. The van der Waals surface area contributed by atoms with Gasteiger partial charge in [-0.05, 0) is 55.0 Å². The van der Waals surface area contributed by atoms with Crippen molar-refractivity contribution in [1.82, 2.24) is 9.21 Å². The van der Waals surface area contributed by atoms with Gasteiger partial charge >= 0.3 is 0 Å². The fourth-order valence-electron chi connectivity index (χ4n) is 4.99. The number of ether oxygens (including phenoxy) is 2. The number of likely N-dealkylation sites (N-methyl/N-ethyl adjacent to an activating group) is 1. The number of hydrogen-bond donors (Lipinski definition) is 2. The third-order valence-electron chi connectivity index (χ3n) is 7.61. The van der Waals surface area contributed by atoms with E-state index in [1.165, 1.54) is 30.6 Å². The molecule has 0 radical (unpaired) electrons. The summed E-state index contributed by atoms with van der Waals surface area (Å²) in [5, 5.41) is 12.8. The zero-order valence-electron chi connectivity index (χ0n) is 24.9. The summed E-state index contributed by atoms with van der Waals surface area (Å²) in [7, 11) is -0.851. The van der Waals surface area contributed by atoms with Crippen molar-refractivity contribution >= 4 is 27.5 Å². The number of methoxy groups -OCH3 is 1. The average molecular weight is 610 g/mol. The van der Waals surface area contributed by atoms with Crippen molar-refractivity contribution in [3.05, 3.63) is 83.9 Å². The quantitative estimate of drug-likeness (QED) is 0.361. The Labute approximate surface area is 253 Å². The van der Waals surface area contributed by atoms with Gasteiger partial charge in [-0.3, -0.25) is 9.59 Å². The number of rotatable bonds is 10. The van der Waals surface area contributed by atoms with Crippen LogP contribution in [0.5, 0.6) is 11.5 Å². The summed E-state index contributed by atoms with van der Waals surface area (Å²) in [6.45, 7) is 3.71. The molecule has 11 heteroatoms. The Morgan fingerprint density at radius 2 is 1.84 bits per heavy atom. The molecule has 2 amide bonds. The largest absolute Gasteiger partial charge is 0.497 e. The van der Waals surface area contributed by atoms with Crippen molar-refractivity contribution in [3.8, 4) is 11.5 Å². The minimum atomic E-state index is -3.86. The maximum absolute atomic E-state index is 13.5. The number of sulfonamides is 1. The van der Waals surface area contributed by atoms with Gasteiger partial charge in [0.05, 0.1) is 44.0 Å². The van der Waals surface area contributed by atoms with Crippen molar-refractivity contribution in [2.24, 2.45) is 5.92 Å². The number of benzene rings is 3. The standard InChI is InChI=1S/C32H39N3O7S/c1-22-19-35(23(2)21-36)32(38)18-25-17-26(33-31(37)16-24-8-6-5-7-9-24)10-15-29(25)42-30(22)20-34(3)43(39,40)28-13-11-27(41-4)12-14-28/h5-15,17,22-23,30,36H,16,18-21H2,1-4H3,(H,33,37)/t22-,23-,30+/m0/s1. The highest BCUT2D eigenvalue weighted by Crippen LogP contribution is 2.30. The summed E-state index contributed by atoms with van der Waals surface area (Å²) in [5.74, 6) is 0.284. The van der Waals surface area contributed by atoms with E-state index in [4.69, 9.17) is 9.47 Å². The lowest BCUT2D eigenvalue weighted by Crippen LogP contribution is -2.48. The van der Waals surface area contributed by atoms with E-state index in [1.54, 1.807) is 42.2 Å². The maximum Gasteiger partial charge on any atom is 0.242 e. The Morgan fingerprint density at radius 3 is 2.49 bits per heavy atom. The number of hydrogen-bond acceptors (Lipinski definition) is 7. The molecule has 3 aromatic rings. The molecule has 43 heavy (non-hydrogen) atoms. The third kappa shape index (κ3) is 7.92. The van der Waals surface area contributed by atoms with Gasteiger partial charge < -0.3 is 24.8 Å². The van der Waals surface area contributed by atoms with Crippen LogP contribution in [0.25, 0.3) is 0 Å². The van der Waals surface area contributed by atoms with Gasteiger partial charge in [0, 0.05) is 30.8 Å². The fraction of sp³-hybridized carbons (Fsp3) is 0.375. The van der Waals surface area contributed by atoms with Gasteiger partial charge in [0.2, 0.25) is 21.8 Å². The van der Waals surface area contributed by atoms with Crippen LogP contribution in [0.15, 0.2) is 77.7 Å². The van der Waals surface area contributed by atoms with E-state index >= 15 is 0 Å². The van der Waals surface area contributed by atoms with Crippen LogP contribution in [0, 0.1) is 5.92 Å². The second-order valence-electron chi connectivity index (χ2n) is 10.9. The number of carbonyl (C=O) groups excluding carboxylic acids is 2. The summed E-state index contributed by atoms with van der Waals surface area (Å²) in [5.41, 5.74) is 1.94. The van der Waals surface area contributed by atoms with E-state index in [2.05, 4.69) is 5.32 Å². The SMILES string of the molecule is COc1ccc(S(=O)(=O)N(C)C[C@H]2Oc3ccc(NC(=O)Cc4ccccc4)cc3CC(=O)N([C@@H](C)CO)C[C@@H]2C)cc1. The topological polar surface area (TPSA) is 125 Å². The molecule has 2 N–H and O–H groups in total. The van der Waals surface area contributed by atoms with E-state index in [9.17, 15) is 23.1 Å². The lowest BCUT2D eigenvalue weighted by atomic mass is 10.0. The van der Waals surface area contributed by atoms with Crippen molar-refractivity contribution in [2.45, 2.75) is 43.7 Å². The van der Waals surface area contributed by atoms with Crippen LogP contribution in [-0.2, 0) is 32.5 Å². The van der Waals surface area contributed by atoms with Gasteiger partial charge in [0.15, 0.2) is 0 Å². The fourth-order valence-corrected chi connectivity index (χ4v) is 6.17. The average Bonchev–Trinajstić information content (AvgIpc) is 3.04. The molecule has 230 valence electrons. The van der Waals surface area contributed by atoms with Crippen LogP contribution in [0.2, 0.25) is 0 Å². The monoisotopic (exact) mass is 609 g/mol. The van der Waals surface area contributed by atoms with E-state index in [-0.39, 0.29) is 55.2 Å². The number of amides is 2. The van der Waals surface area contributed by atoms with Crippen molar-refractivity contribution in [2.75, 3.05) is 39.2 Å². The Kier molecular flexibility index (Phi) is 10.4. The molecule has 1 heterocycles. The van der Waals surface area contributed by atoms with Gasteiger partial charge in [-0.25, -0.2) is 8.42 Å². The summed E-state index contributed by atoms with van der Waals surface area (Å²) in [6.07, 6.45) is -0.444. The molecule has 0 fully saturated rings. The molecular weight excluding hydrogens is 570 g/mol. The molecule has 0 spiro atoms. The molecule has 0 unspecified atom stereocenters. The molecule has 10 nitrogen and oxygen atoms in total.